The van der Waals surface area contributed by atoms with Gasteiger partial charge in [0.2, 0.25) is 5.95 Å². The Morgan fingerprint density at radius 3 is 2.94 bits per heavy atom. The third kappa shape index (κ3) is 1.70. The molecule has 1 N–H and O–H groups in total. The second kappa shape index (κ2) is 4.30. The molecule has 18 heavy (non-hydrogen) atoms. The minimum atomic E-state index is -0.384. The first-order chi connectivity index (χ1) is 8.79. The van der Waals surface area contributed by atoms with Crippen molar-refractivity contribution < 1.29 is 4.39 Å². The first kappa shape index (κ1) is 11.0. The molecule has 0 saturated heterocycles. The maximum atomic E-state index is 13.8. The van der Waals surface area contributed by atoms with Crippen molar-refractivity contribution in [2.24, 2.45) is 0 Å². The normalized spacial score (nSPS) is 10.8. The number of halogens is 1. The van der Waals surface area contributed by atoms with Gasteiger partial charge in [-0.05, 0) is 17.5 Å². The minimum absolute atomic E-state index is 0.384. The number of rotatable bonds is 2. The topological polar surface area (TPSA) is 50.7 Å². The summed E-state index contributed by atoms with van der Waals surface area (Å²) in [5.41, 5.74) is 1.03. The summed E-state index contributed by atoms with van der Waals surface area (Å²) in [4.78, 5) is 13.3. The van der Waals surface area contributed by atoms with Gasteiger partial charge in [-0.15, -0.1) is 11.3 Å². The quantitative estimate of drug-likeness (QED) is 0.769. The minimum Gasteiger partial charge on any atom is -0.357 e. The van der Waals surface area contributed by atoms with Gasteiger partial charge in [-0.1, -0.05) is 0 Å². The molecule has 3 aromatic rings. The van der Waals surface area contributed by atoms with E-state index in [9.17, 15) is 4.39 Å². The molecule has 0 radical (unpaired) electrons. The Kier molecular flexibility index (Phi) is 2.64. The van der Waals surface area contributed by atoms with Crippen LogP contribution in [0, 0.1) is 5.82 Å². The van der Waals surface area contributed by atoms with Crippen LogP contribution in [0.25, 0.3) is 21.5 Å². The van der Waals surface area contributed by atoms with E-state index in [1.807, 2.05) is 11.4 Å². The van der Waals surface area contributed by atoms with Crippen molar-refractivity contribution in [3.05, 3.63) is 35.7 Å². The molecule has 0 saturated carbocycles. The zero-order valence-electron chi connectivity index (χ0n) is 9.51. The van der Waals surface area contributed by atoms with Crippen LogP contribution in [-0.2, 0) is 0 Å². The molecule has 6 heteroatoms. The molecule has 0 aliphatic rings. The Hall–Kier alpha value is -2.08. The summed E-state index contributed by atoms with van der Waals surface area (Å²) in [6.07, 6.45) is 2.74. The monoisotopic (exact) mass is 260 g/mol. The molecule has 0 aliphatic heterocycles. The number of hydrogen-bond acceptors (Lipinski definition) is 5. The van der Waals surface area contributed by atoms with Crippen molar-refractivity contribution in [3.8, 4) is 11.3 Å². The van der Waals surface area contributed by atoms with Crippen LogP contribution in [0.15, 0.2) is 29.9 Å². The van der Waals surface area contributed by atoms with E-state index in [2.05, 4.69) is 20.3 Å². The zero-order valence-corrected chi connectivity index (χ0v) is 10.3. The maximum absolute atomic E-state index is 13.8. The standard InChI is InChI=1S/C12H9FN4S/c1-14-12-16-10(7-2-4-15-6-9(7)13)8-3-5-18-11(8)17-12/h2-6H,1H3,(H,14,16,17). The van der Waals surface area contributed by atoms with E-state index in [4.69, 9.17) is 0 Å². The van der Waals surface area contributed by atoms with Gasteiger partial charge >= 0.3 is 0 Å². The lowest BCUT2D eigenvalue weighted by Gasteiger charge is -2.06. The van der Waals surface area contributed by atoms with Crippen LogP contribution in [-0.4, -0.2) is 22.0 Å². The average molecular weight is 260 g/mol. The Balaban J connectivity index is 2.34. The van der Waals surface area contributed by atoms with Crippen molar-refractivity contribution in [2.45, 2.75) is 0 Å². The van der Waals surface area contributed by atoms with Gasteiger partial charge in [0.1, 0.15) is 4.83 Å². The maximum Gasteiger partial charge on any atom is 0.224 e. The summed E-state index contributed by atoms with van der Waals surface area (Å²) in [5.74, 6) is 0.0990. The van der Waals surface area contributed by atoms with E-state index in [1.165, 1.54) is 17.5 Å². The SMILES string of the molecule is CNc1nc(-c2ccncc2F)c2ccsc2n1. The number of aromatic nitrogens is 3. The highest BCUT2D eigenvalue weighted by atomic mass is 32.1. The molecule has 4 nitrogen and oxygen atoms in total. The molecule has 90 valence electrons. The number of anilines is 1. The third-order valence-electron chi connectivity index (χ3n) is 2.58. The summed E-state index contributed by atoms with van der Waals surface area (Å²) >= 11 is 1.50. The van der Waals surface area contributed by atoms with Crippen LogP contribution in [0.4, 0.5) is 10.3 Å². The second-order valence-corrected chi connectivity index (χ2v) is 4.54. The molecule has 0 aliphatic carbocycles. The fourth-order valence-corrected chi connectivity index (χ4v) is 2.50. The predicted molar refractivity (Wildman–Crippen MR) is 70.2 cm³/mol. The molecular formula is C12H9FN4S. The van der Waals surface area contributed by atoms with Gasteiger partial charge < -0.3 is 5.32 Å². The van der Waals surface area contributed by atoms with Crippen LogP contribution in [0.3, 0.4) is 0 Å². The number of pyridine rings is 1. The molecule has 3 aromatic heterocycles. The van der Waals surface area contributed by atoms with Crippen molar-refractivity contribution in [2.75, 3.05) is 12.4 Å². The fraction of sp³-hybridized carbons (Fsp3) is 0.0833. The zero-order chi connectivity index (χ0) is 12.5. The molecule has 0 unspecified atom stereocenters. The lowest BCUT2D eigenvalue weighted by Crippen LogP contribution is -1.98. The molecule has 3 rings (SSSR count). The Morgan fingerprint density at radius 1 is 1.28 bits per heavy atom. The fourth-order valence-electron chi connectivity index (χ4n) is 1.74. The van der Waals surface area contributed by atoms with Gasteiger partial charge in [-0.2, -0.15) is 0 Å². The van der Waals surface area contributed by atoms with Crippen molar-refractivity contribution in [3.63, 3.8) is 0 Å². The summed E-state index contributed by atoms with van der Waals surface area (Å²) in [6.45, 7) is 0. The number of thiophene rings is 1. The molecule has 3 heterocycles. The number of nitrogens with zero attached hydrogens (tertiary/aromatic N) is 3. The molecule has 0 amide bonds. The van der Waals surface area contributed by atoms with Crippen molar-refractivity contribution >= 4 is 27.5 Å². The highest BCUT2D eigenvalue weighted by Gasteiger charge is 2.13. The predicted octanol–water partition coefficient (Wildman–Crippen LogP) is 2.93. The summed E-state index contributed by atoms with van der Waals surface area (Å²) in [6, 6.07) is 3.52. The molecule has 0 bridgehead atoms. The Morgan fingerprint density at radius 2 is 2.17 bits per heavy atom. The number of hydrogen-bond donors (Lipinski definition) is 1. The average Bonchev–Trinajstić information content (AvgIpc) is 2.86. The van der Waals surface area contributed by atoms with E-state index >= 15 is 0 Å². The van der Waals surface area contributed by atoms with Crippen molar-refractivity contribution in [1.29, 1.82) is 0 Å². The van der Waals surface area contributed by atoms with Gasteiger partial charge in [-0.3, -0.25) is 4.98 Å². The summed E-state index contributed by atoms with van der Waals surface area (Å²) in [5, 5.41) is 5.65. The van der Waals surface area contributed by atoms with Crippen LogP contribution < -0.4 is 5.32 Å². The Labute approximate surface area is 107 Å². The van der Waals surface area contributed by atoms with Crippen LogP contribution in [0.1, 0.15) is 0 Å². The lowest BCUT2D eigenvalue weighted by atomic mass is 10.1. The van der Waals surface area contributed by atoms with E-state index < -0.39 is 0 Å². The first-order valence-electron chi connectivity index (χ1n) is 5.32. The third-order valence-corrected chi connectivity index (χ3v) is 3.38. The van der Waals surface area contributed by atoms with Gasteiger partial charge in [0.15, 0.2) is 5.82 Å². The lowest BCUT2D eigenvalue weighted by molar-refractivity contribution is 0.624. The van der Waals surface area contributed by atoms with E-state index in [-0.39, 0.29) is 5.82 Å². The molecular weight excluding hydrogens is 251 g/mol. The summed E-state index contributed by atoms with van der Waals surface area (Å²) < 4.78 is 13.8. The smallest absolute Gasteiger partial charge is 0.224 e. The van der Waals surface area contributed by atoms with E-state index in [0.717, 1.165) is 10.2 Å². The summed E-state index contributed by atoms with van der Waals surface area (Å²) in [7, 11) is 1.74. The van der Waals surface area contributed by atoms with Gasteiger partial charge in [0.25, 0.3) is 0 Å². The van der Waals surface area contributed by atoms with Gasteiger partial charge in [0.05, 0.1) is 11.9 Å². The second-order valence-electron chi connectivity index (χ2n) is 3.64. The number of nitrogens with one attached hydrogen (secondary N) is 1. The van der Waals surface area contributed by atoms with Crippen molar-refractivity contribution in [1.82, 2.24) is 15.0 Å². The largest absolute Gasteiger partial charge is 0.357 e. The molecule has 0 spiro atoms. The van der Waals surface area contributed by atoms with Gasteiger partial charge in [0, 0.05) is 24.2 Å². The number of fused-ring (bicyclic) bond motifs is 1. The first-order valence-corrected chi connectivity index (χ1v) is 6.20. The molecule has 0 atom stereocenters. The van der Waals surface area contributed by atoms with E-state index in [0.29, 0.717) is 17.2 Å². The molecule has 0 fully saturated rings. The van der Waals surface area contributed by atoms with Crippen LogP contribution in [0.2, 0.25) is 0 Å². The molecule has 0 aromatic carbocycles. The Bertz CT molecular complexity index is 710. The highest BCUT2D eigenvalue weighted by molar-refractivity contribution is 7.16. The van der Waals surface area contributed by atoms with Crippen LogP contribution in [0.5, 0.6) is 0 Å². The van der Waals surface area contributed by atoms with Crippen LogP contribution >= 0.6 is 11.3 Å². The van der Waals surface area contributed by atoms with E-state index in [1.54, 1.807) is 19.3 Å². The highest BCUT2D eigenvalue weighted by Crippen LogP contribution is 2.31. The van der Waals surface area contributed by atoms with Gasteiger partial charge in [-0.25, -0.2) is 14.4 Å².